The Morgan fingerprint density at radius 1 is 1.43 bits per heavy atom. The van der Waals surface area contributed by atoms with Crippen LogP contribution in [-0.4, -0.2) is 4.98 Å². The molecule has 1 aromatic carbocycles. The molecule has 0 bridgehead atoms. The molecule has 0 spiro atoms. The van der Waals surface area contributed by atoms with E-state index < -0.39 is 0 Å². The van der Waals surface area contributed by atoms with E-state index in [9.17, 15) is 0 Å². The van der Waals surface area contributed by atoms with E-state index in [1.165, 1.54) is 10.9 Å². The van der Waals surface area contributed by atoms with E-state index in [1.807, 2.05) is 31.3 Å². The average molecular weight is 184 g/mol. The first kappa shape index (κ1) is 8.83. The third-order valence-electron chi connectivity index (χ3n) is 2.60. The second-order valence-electron chi connectivity index (χ2n) is 3.59. The molecule has 0 aliphatic heterocycles. The van der Waals surface area contributed by atoms with Crippen molar-refractivity contribution in [2.24, 2.45) is 0 Å². The highest BCUT2D eigenvalue weighted by atomic mass is 14.7. The van der Waals surface area contributed by atoms with Gasteiger partial charge in [-0.15, -0.1) is 0 Å². The number of aromatic amines is 1. The molecule has 2 rings (SSSR count). The molecule has 1 unspecified atom stereocenters. The second kappa shape index (κ2) is 3.19. The molecule has 2 aromatic rings. The van der Waals surface area contributed by atoms with Crippen LogP contribution in [-0.2, 0) is 0 Å². The van der Waals surface area contributed by atoms with Crippen molar-refractivity contribution in [3.05, 3.63) is 35.5 Å². The summed E-state index contributed by atoms with van der Waals surface area (Å²) in [7, 11) is 0. The number of fused-ring (bicyclic) bond motifs is 1. The van der Waals surface area contributed by atoms with Gasteiger partial charge in [0.05, 0.1) is 12.0 Å². The average Bonchev–Trinajstić information content (AvgIpc) is 2.59. The summed E-state index contributed by atoms with van der Waals surface area (Å²) in [5.41, 5.74) is 3.43. The lowest BCUT2D eigenvalue weighted by atomic mass is 9.97. The Morgan fingerprint density at radius 3 is 2.93 bits per heavy atom. The fraction of sp³-hybridized carbons (Fsp3) is 0.250. The molecule has 0 saturated carbocycles. The quantitative estimate of drug-likeness (QED) is 0.726. The molecule has 0 fully saturated rings. The minimum atomic E-state index is -0.0480. The van der Waals surface area contributed by atoms with Gasteiger partial charge in [-0.2, -0.15) is 5.26 Å². The van der Waals surface area contributed by atoms with Crippen LogP contribution in [0.1, 0.15) is 24.0 Å². The summed E-state index contributed by atoms with van der Waals surface area (Å²) in [6.45, 7) is 3.99. The van der Waals surface area contributed by atoms with Gasteiger partial charge in [0, 0.05) is 17.1 Å². The van der Waals surface area contributed by atoms with Crippen LogP contribution in [0.25, 0.3) is 10.9 Å². The predicted octanol–water partition coefficient (Wildman–Crippen LogP) is 3.10. The Morgan fingerprint density at radius 2 is 2.21 bits per heavy atom. The van der Waals surface area contributed by atoms with Crippen LogP contribution in [0.5, 0.6) is 0 Å². The first-order valence-corrected chi connectivity index (χ1v) is 4.70. The van der Waals surface area contributed by atoms with Crippen LogP contribution in [0.3, 0.4) is 0 Å². The zero-order chi connectivity index (χ0) is 10.1. The molecule has 1 aromatic heterocycles. The third kappa shape index (κ3) is 1.18. The summed E-state index contributed by atoms with van der Waals surface area (Å²) in [5, 5.41) is 10.1. The van der Waals surface area contributed by atoms with Crippen LogP contribution in [0.2, 0.25) is 0 Å². The number of hydrogen-bond acceptors (Lipinski definition) is 1. The van der Waals surface area contributed by atoms with E-state index in [-0.39, 0.29) is 5.92 Å². The Hall–Kier alpha value is -1.75. The van der Waals surface area contributed by atoms with E-state index in [1.54, 1.807) is 0 Å². The van der Waals surface area contributed by atoms with Crippen LogP contribution in [0, 0.1) is 18.3 Å². The predicted molar refractivity (Wildman–Crippen MR) is 57.1 cm³/mol. The smallest absolute Gasteiger partial charge is 0.0701 e. The van der Waals surface area contributed by atoms with Crippen molar-refractivity contribution in [1.82, 2.24) is 4.98 Å². The maximum atomic E-state index is 8.92. The van der Waals surface area contributed by atoms with E-state index in [4.69, 9.17) is 5.26 Å². The van der Waals surface area contributed by atoms with Crippen molar-refractivity contribution in [3.8, 4) is 6.07 Å². The summed E-state index contributed by atoms with van der Waals surface area (Å²) in [5.74, 6) is -0.0480. The number of rotatable bonds is 1. The Bertz CT molecular complexity index is 503. The van der Waals surface area contributed by atoms with Gasteiger partial charge in [0.25, 0.3) is 0 Å². The van der Waals surface area contributed by atoms with E-state index in [0.29, 0.717) is 0 Å². The molecule has 2 nitrogen and oxygen atoms in total. The zero-order valence-corrected chi connectivity index (χ0v) is 8.33. The van der Waals surface area contributed by atoms with Crippen LogP contribution in [0.4, 0.5) is 0 Å². The standard InChI is InChI=1S/C12H12N2/c1-8(6-13)10-4-3-5-11-12(10)9(2)7-14-11/h3-5,7-8,14H,1-2H3. The van der Waals surface area contributed by atoms with Crippen molar-refractivity contribution < 1.29 is 0 Å². The van der Waals surface area contributed by atoms with E-state index in [2.05, 4.69) is 18.0 Å². The number of nitrogens with zero attached hydrogens (tertiary/aromatic N) is 1. The lowest BCUT2D eigenvalue weighted by Gasteiger charge is -2.05. The summed E-state index contributed by atoms with van der Waals surface area (Å²) < 4.78 is 0. The number of nitrogens with one attached hydrogen (secondary N) is 1. The molecule has 0 aliphatic rings. The van der Waals surface area contributed by atoms with Gasteiger partial charge in [-0.1, -0.05) is 12.1 Å². The molecule has 2 heteroatoms. The molecule has 14 heavy (non-hydrogen) atoms. The number of aromatic nitrogens is 1. The van der Waals surface area contributed by atoms with Crippen molar-refractivity contribution >= 4 is 10.9 Å². The third-order valence-corrected chi connectivity index (χ3v) is 2.60. The summed E-state index contributed by atoms with van der Waals surface area (Å²) in [6, 6.07) is 8.33. The van der Waals surface area contributed by atoms with Gasteiger partial charge in [0.2, 0.25) is 0 Å². The van der Waals surface area contributed by atoms with Gasteiger partial charge in [-0.25, -0.2) is 0 Å². The van der Waals surface area contributed by atoms with Gasteiger partial charge < -0.3 is 4.98 Å². The molecule has 1 heterocycles. The number of benzene rings is 1. The van der Waals surface area contributed by atoms with Crippen molar-refractivity contribution in [2.45, 2.75) is 19.8 Å². The molecular weight excluding hydrogens is 172 g/mol. The molecule has 1 N–H and O–H groups in total. The van der Waals surface area contributed by atoms with Gasteiger partial charge in [0.15, 0.2) is 0 Å². The molecule has 1 atom stereocenters. The Labute approximate surface area is 83.2 Å². The lowest BCUT2D eigenvalue weighted by molar-refractivity contribution is 0.994. The SMILES string of the molecule is Cc1c[nH]c2cccc(C(C)C#N)c12. The monoisotopic (exact) mass is 184 g/mol. The first-order chi connectivity index (χ1) is 6.74. The maximum absolute atomic E-state index is 8.92. The van der Waals surface area contributed by atoms with Crippen LogP contribution in [0.15, 0.2) is 24.4 Å². The molecule has 0 radical (unpaired) electrons. The normalized spacial score (nSPS) is 12.6. The molecule has 0 saturated heterocycles. The van der Waals surface area contributed by atoms with Gasteiger partial charge in [0.1, 0.15) is 0 Å². The largest absolute Gasteiger partial charge is 0.361 e. The molecule has 0 amide bonds. The Kier molecular flexibility index (Phi) is 2.01. The van der Waals surface area contributed by atoms with Crippen molar-refractivity contribution in [3.63, 3.8) is 0 Å². The topological polar surface area (TPSA) is 39.6 Å². The minimum absolute atomic E-state index is 0.0480. The summed E-state index contributed by atoms with van der Waals surface area (Å²) in [4.78, 5) is 3.20. The highest BCUT2D eigenvalue weighted by molar-refractivity contribution is 5.87. The Balaban J connectivity index is 2.76. The fourth-order valence-electron chi connectivity index (χ4n) is 1.82. The van der Waals surface area contributed by atoms with Gasteiger partial charge in [-0.05, 0) is 31.0 Å². The van der Waals surface area contributed by atoms with Crippen LogP contribution >= 0.6 is 0 Å². The number of hydrogen-bond donors (Lipinski definition) is 1. The molecule has 0 aliphatic carbocycles. The van der Waals surface area contributed by atoms with Crippen molar-refractivity contribution in [1.29, 1.82) is 5.26 Å². The van der Waals surface area contributed by atoms with E-state index in [0.717, 1.165) is 11.1 Å². The van der Waals surface area contributed by atoms with E-state index >= 15 is 0 Å². The number of aryl methyl sites for hydroxylation is 1. The molecular formula is C12H12N2. The summed E-state index contributed by atoms with van der Waals surface area (Å²) in [6.07, 6.45) is 1.98. The maximum Gasteiger partial charge on any atom is 0.0701 e. The first-order valence-electron chi connectivity index (χ1n) is 4.70. The summed E-state index contributed by atoms with van der Waals surface area (Å²) >= 11 is 0. The number of H-pyrrole nitrogens is 1. The lowest BCUT2D eigenvalue weighted by Crippen LogP contribution is -1.90. The van der Waals surface area contributed by atoms with Gasteiger partial charge >= 0.3 is 0 Å². The fourth-order valence-corrected chi connectivity index (χ4v) is 1.82. The second-order valence-corrected chi connectivity index (χ2v) is 3.59. The zero-order valence-electron chi connectivity index (χ0n) is 8.33. The van der Waals surface area contributed by atoms with Gasteiger partial charge in [-0.3, -0.25) is 0 Å². The van der Waals surface area contributed by atoms with Crippen LogP contribution < -0.4 is 0 Å². The molecule has 70 valence electrons. The highest BCUT2D eigenvalue weighted by Gasteiger charge is 2.10. The van der Waals surface area contributed by atoms with Crippen molar-refractivity contribution in [2.75, 3.05) is 0 Å². The number of nitriles is 1. The highest BCUT2D eigenvalue weighted by Crippen LogP contribution is 2.27. The minimum Gasteiger partial charge on any atom is -0.361 e.